The van der Waals surface area contributed by atoms with Crippen LogP contribution >= 0.6 is 11.8 Å². The number of terminal acetylenes is 1. The molecule has 1 rings (SSSR count). The van der Waals surface area contributed by atoms with Crippen molar-refractivity contribution < 1.29 is 25.2 Å². The molecule has 86 valence electrons. The molecule has 1 saturated heterocycles. The van der Waals surface area contributed by atoms with Gasteiger partial charge in [-0.15, -0.1) is 18.2 Å². The maximum Gasteiger partial charge on any atom is 0.133 e. The maximum atomic E-state index is 9.54. The maximum absolute atomic E-state index is 9.54. The van der Waals surface area contributed by atoms with E-state index in [1.807, 2.05) is 0 Å². The number of aliphatic hydroxyl groups is 4. The summed E-state index contributed by atoms with van der Waals surface area (Å²) in [5.41, 5.74) is -0.725. The number of rotatable bonds is 3. The Morgan fingerprint density at radius 2 is 1.87 bits per heavy atom. The summed E-state index contributed by atoms with van der Waals surface area (Å²) in [6.45, 7) is -0.419. The van der Waals surface area contributed by atoms with Gasteiger partial charge in [0.15, 0.2) is 0 Å². The van der Waals surface area contributed by atoms with Crippen LogP contribution in [0.25, 0.3) is 0 Å². The standard InChI is InChI=1S/C9H14O5S/c1-2-3-15-9-8(13)7(12)6(11)5(4-10)14-9/h1,5-13H,3-4H2/t5-,6-,7+,8+,9+/m1/s1. The molecular formula is C9H14O5S. The molecule has 5 nitrogen and oxygen atoms in total. The Kier molecular flexibility index (Phi) is 4.86. The highest BCUT2D eigenvalue weighted by Crippen LogP contribution is 2.27. The molecule has 0 radical (unpaired) electrons. The van der Waals surface area contributed by atoms with Crippen LogP contribution in [0.1, 0.15) is 0 Å². The predicted molar refractivity (Wildman–Crippen MR) is 55.1 cm³/mol. The Morgan fingerprint density at radius 3 is 2.40 bits per heavy atom. The number of ether oxygens (including phenoxy) is 1. The van der Waals surface area contributed by atoms with Crippen LogP contribution in [0.15, 0.2) is 0 Å². The molecule has 0 bridgehead atoms. The van der Waals surface area contributed by atoms with Crippen molar-refractivity contribution in [2.45, 2.75) is 29.9 Å². The van der Waals surface area contributed by atoms with Crippen molar-refractivity contribution in [1.29, 1.82) is 0 Å². The molecule has 0 unspecified atom stereocenters. The van der Waals surface area contributed by atoms with E-state index in [4.69, 9.17) is 16.3 Å². The Bertz CT molecular complexity index is 239. The zero-order valence-electron chi connectivity index (χ0n) is 7.98. The van der Waals surface area contributed by atoms with E-state index in [0.717, 1.165) is 11.8 Å². The summed E-state index contributed by atoms with van der Waals surface area (Å²) in [4.78, 5) is 0. The monoisotopic (exact) mass is 234 g/mol. The smallest absolute Gasteiger partial charge is 0.133 e. The zero-order chi connectivity index (χ0) is 11.4. The minimum Gasteiger partial charge on any atom is -0.394 e. The van der Waals surface area contributed by atoms with E-state index in [1.165, 1.54) is 0 Å². The van der Waals surface area contributed by atoms with Gasteiger partial charge >= 0.3 is 0 Å². The lowest BCUT2D eigenvalue weighted by Crippen LogP contribution is -2.57. The van der Waals surface area contributed by atoms with Crippen LogP contribution in [0.4, 0.5) is 0 Å². The van der Waals surface area contributed by atoms with E-state index >= 15 is 0 Å². The minimum atomic E-state index is -1.33. The van der Waals surface area contributed by atoms with E-state index in [1.54, 1.807) is 0 Å². The highest BCUT2D eigenvalue weighted by Gasteiger charge is 2.43. The molecule has 0 saturated carbocycles. The predicted octanol–water partition coefficient (Wildman–Crippen LogP) is -1.85. The van der Waals surface area contributed by atoms with Crippen LogP contribution in [0.3, 0.4) is 0 Å². The molecule has 0 aliphatic carbocycles. The van der Waals surface area contributed by atoms with E-state index in [-0.39, 0.29) is 0 Å². The summed E-state index contributed by atoms with van der Waals surface area (Å²) < 4.78 is 5.19. The molecule has 1 heterocycles. The van der Waals surface area contributed by atoms with Gasteiger partial charge in [-0.2, -0.15) is 0 Å². The van der Waals surface area contributed by atoms with Gasteiger partial charge < -0.3 is 25.2 Å². The van der Waals surface area contributed by atoms with Crippen molar-refractivity contribution in [3.63, 3.8) is 0 Å². The first-order valence-electron chi connectivity index (χ1n) is 4.47. The average molecular weight is 234 g/mol. The Balaban J connectivity index is 2.62. The number of hydrogen-bond acceptors (Lipinski definition) is 6. The van der Waals surface area contributed by atoms with Gasteiger partial charge in [-0.05, 0) is 0 Å². The molecule has 1 aliphatic heterocycles. The van der Waals surface area contributed by atoms with E-state index < -0.39 is 36.5 Å². The van der Waals surface area contributed by atoms with E-state index in [2.05, 4.69) is 5.92 Å². The second-order valence-electron chi connectivity index (χ2n) is 3.21. The SMILES string of the molecule is C#CCS[C@@H]1O[C@H](CO)[C@@H](O)[C@H](O)[C@@H]1O. The Labute approximate surface area is 92.1 Å². The molecule has 15 heavy (non-hydrogen) atoms. The molecule has 1 fully saturated rings. The molecule has 0 aromatic carbocycles. The van der Waals surface area contributed by atoms with Crippen LogP contribution in [-0.2, 0) is 4.74 Å². The lowest BCUT2D eigenvalue weighted by molar-refractivity contribution is -0.205. The van der Waals surface area contributed by atoms with Gasteiger partial charge in [0.1, 0.15) is 29.9 Å². The summed E-state index contributed by atoms with van der Waals surface area (Å²) in [5, 5.41) is 37.3. The van der Waals surface area contributed by atoms with Gasteiger partial charge in [-0.1, -0.05) is 5.92 Å². The van der Waals surface area contributed by atoms with Crippen LogP contribution in [0.5, 0.6) is 0 Å². The third kappa shape index (κ3) is 2.84. The number of thioether (sulfide) groups is 1. The van der Waals surface area contributed by atoms with Crippen molar-refractivity contribution >= 4 is 11.8 Å². The van der Waals surface area contributed by atoms with Gasteiger partial charge in [0.25, 0.3) is 0 Å². The van der Waals surface area contributed by atoms with Gasteiger partial charge in [-0.25, -0.2) is 0 Å². The second-order valence-corrected chi connectivity index (χ2v) is 4.30. The average Bonchev–Trinajstić information content (AvgIpc) is 2.25. The normalized spacial score (nSPS) is 41.1. The molecular weight excluding hydrogens is 220 g/mol. The van der Waals surface area contributed by atoms with Gasteiger partial charge in [0.05, 0.1) is 12.4 Å². The quantitative estimate of drug-likeness (QED) is 0.429. The minimum absolute atomic E-state index is 0.322. The number of hydrogen-bond donors (Lipinski definition) is 4. The van der Waals surface area contributed by atoms with Crippen molar-refractivity contribution in [3.8, 4) is 12.3 Å². The fraction of sp³-hybridized carbons (Fsp3) is 0.778. The highest BCUT2D eigenvalue weighted by molar-refractivity contribution is 8.00. The third-order valence-electron chi connectivity index (χ3n) is 2.18. The first-order chi connectivity index (χ1) is 7.11. The van der Waals surface area contributed by atoms with Gasteiger partial charge in [0, 0.05) is 0 Å². The molecule has 1 aliphatic rings. The molecule has 0 aromatic heterocycles. The van der Waals surface area contributed by atoms with Crippen molar-refractivity contribution in [1.82, 2.24) is 0 Å². The highest BCUT2D eigenvalue weighted by atomic mass is 32.2. The lowest BCUT2D eigenvalue weighted by atomic mass is 10.0. The van der Waals surface area contributed by atoms with E-state index in [9.17, 15) is 15.3 Å². The summed E-state index contributed by atoms with van der Waals surface area (Å²) in [7, 11) is 0. The molecule has 5 atom stereocenters. The topological polar surface area (TPSA) is 90.2 Å². The molecule has 6 heteroatoms. The Hall–Kier alpha value is -0.290. The largest absolute Gasteiger partial charge is 0.394 e. The van der Waals surface area contributed by atoms with Crippen LogP contribution in [0, 0.1) is 12.3 Å². The van der Waals surface area contributed by atoms with Crippen LogP contribution in [0.2, 0.25) is 0 Å². The molecule has 0 amide bonds. The first kappa shape index (κ1) is 12.8. The summed E-state index contributed by atoms with van der Waals surface area (Å²) in [6.07, 6.45) is 0.341. The summed E-state index contributed by atoms with van der Waals surface area (Å²) in [6, 6.07) is 0. The molecule has 4 N–H and O–H groups in total. The molecule has 0 aromatic rings. The van der Waals surface area contributed by atoms with E-state index in [0.29, 0.717) is 5.75 Å². The fourth-order valence-corrected chi connectivity index (χ4v) is 2.18. The van der Waals surface area contributed by atoms with Crippen molar-refractivity contribution in [3.05, 3.63) is 0 Å². The number of aliphatic hydroxyl groups excluding tert-OH is 4. The van der Waals surface area contributed by atoms with Crippen LogP contribution < -0.4 is 0 Å². The first-order valence-corrected chi connectivity index (χ1v) is 5.52. The van der Waals surface area contributed by atoms with Crippen molar-refractivity contribution in [2.24, 2.45) is 0 Å². The lowest BCUT2D eigenvalue weighted by Gasteiger charge is -2.39. The second kappa shape index (κ2) is 5.70. The van der Waals surface area contributed by atoms with Gasteiger partial charge in [0.2, 0.25) is 0 Å². The van der Waals surface area contributed by atoms with Crippen LogP contribution in [-0.4, -0.2) is 62.6 Å². The van der Waals surface area contributed by atoms with Crippen molar-refractivity contribution in [2.75, 3.05) is 12.4 Å². The third-order valence-corrected chi connectivity index (χ3v) is 3.23. The Morgan fingerprint density at radius 1 is 1.20 bits per heavy atom. The fourth-order valence-electron chi connectivity index (χ4n) is 1.34. The summed E-state index contributed by atoms with van der Waals surface area (Å²) in [5.74, 6) is 2.68. The summed E-state index contributed by atoms with van der Waals surface area (Å²) >= 11 is 1.14. The van der Waals surface area contributed by atoms with Gasteiger partial charge in [-0.3, -0.25) is 0 Å². The zero-order valence-corrected chi connectivity index (χ0v) is 8.80. The molecule has 0 spiro atoms.